The lowest BCUT2D eigenvalue weighted by Crippen LogP contribution is -2.11. The molecule has 0 amide bonds. The van der Waals surface area contributed by atoms with Crippen molar-refractivity contribution in [2.75, 3.05) is 11.0 Å². The molecular formula is C12H14BrN3O2S. The second-order valence-corrected chi connectivity index (χ2v) is 6.82. The van der Waals surface area contributed by atoms with Crippen LogP contribution in [0.5, 0.6) is 0 Å². The molecule has 19 heavy (non-hydrogen) atoms. The summed E-state index contributed by atoms with van der Waals surface area (Å²) in [4.78, 5) is 0. The average molecular weight is 344 g/mol. The summed E-state index contributed by atoms with van der Waals surface area (Å²) in [6.45, 7) is 1.96. The zero-order chi connectivity index (χ0) is 14.0. The molecule has 5 nitrogen and oxygen atoms in total. The van der Waals surface area contributed by atoms with Crippen LogP contribution in [0.25, 0.3) is 11.3 Å². The monoisotopic (exact) mass is 343 g/mol. The molecule has 0 bridgehead atoms. The molecule has 0 spiro atoms. The van der Waals surface area contributed by atoms with Crippen LogP contribution in [-0.2, 0) is 16.4 Å². The molecule has 2 rings (SSSR count). The van der Waals surface area contributed by atoms with Crippen molar-refractivity contribution in [3.8, 4) is 11.3 Å². The standard InChI is InChI=1S/C12H14BrN3O2S/c1-3-10-11(8-4-6-9(13)7-5-8)14-15-12(10)16-19(2,17)18/h4-7H,3H2,1-2H3,(H2,14,15,16). The van der Waals surface area contributed by atoms with Gasteiger partial charge >= 0.3 is 0 Å². The van der Waals surface area contributed by atoms with E-state index >= 15 is 0 Å². The number of anilines is 1. The zero-order valence-electron chi connectivity index (χ0n) is 10.6. The first-order chi connectivity index (χ1) is 8.90. The van der Waals surface area contributed by atoms with E-state index in [0.717, 1.165) is 27.5 Å². The second kappa shape index (κ2) is 5.34. The summed E-state index contributed by atoms with van der Waals surface area (Å²) in [6, 6.07) is 7.75. The number of benzene rings is 1. The third-order valence-corrected chi connectivity index (χ3v) is 3.73. The quantitative estimate of drug-likeness (QED) is 0.896. The molecule has 1 heterocycles. The molecule has 0 aliphatic heterocycles. The van der Waals surface area contributed by atoms with Gasteiger partial charge in [-0.3, -0.25) is 9.82 Å². The third kappa shape index (κ3) is 3.36. The van der Waals surface area contributed by atoms with Crippen LogP contribution >= 0.6 is 15.9 Å². The highest BCUT2D eigenvalue weighted by Gasteiger charge is 2.15. The second-order valence-electron chi connectivity index (χ2n) is 4.16. The number of rotatable bonds is 4. The maximum Gasteiger partial charge on any atom is 0.231 e. The maximum absolute atomic E-state index is 11.3. The Morgan fingerprint density at radius 1 is 1.32 bits per heavy atom. The molecule has 0 fully saturated rings. The van der Waals surface area contributed by atoms with Crippen LogP contribution in [0.1, 0.15) is 12.5 Å². The third-order valence-electron chi connectivity index (χ3n) is 2.64. The summed E-state index contributed by atoms with van der Waals surface area (Å²) in [5.41, 5.74) is 2.66. The van der Waals surface area contributed by atoms with Gasteiger partial charge in [-0.1, -0.05) is 35.0 Å². The van der Waals surface area contributed by atoms with E-state index in [-0.39, 0.29) is 0 Å². The van der Waals surface area contributed by atoms with E-state index in [0.29, 0.717) is 12.2 Å². The maximum atomic E-state index is 11.3. The van der Waals surface area contributed by atoms with Gasteiger partial charge in [0.2, 0.25) is 10.0 Å². The van der Waals surface area contributed by atoms with Crippen molar-refractivity contribution in [2.45, 2.75) is 13.3 Å². The van der Waals surface area contributed by atoms with E-state index in [1.54, 1.807) is 0 Å². The van der Waals surface area contributed by atoms with Crippen molar-refractivity contribution in [3.05, 3.63) is 34.3 Å². The zero-order valence-corrected chi connectivity index (χ0v) is 13.0. The molecule has 2 aromatic rings. The summed E-state index contributed by atoms with van der Waals surface area (Å²) in [6.07, 6.45) is 1.79. The van der Waals surface area contributed by atoms with Gasteiger partial charge in [0.05, 0.1) is 11.9 Å². The Morgan fingerprint density at radius 2 is 1.95 bits per heavy atom. The lowest BCUT2D eigenvalue weighted by Gasteiger charge is -2.04. The SMILES string of the molecule is CCc1c(NS(C)(=O)=O)n[nH]c1-c1ccc(Br)cc1. The van der Waals surface area contributed by atoms with Crippen LogP contribution in [0.4, 0.5) is 5.82 Å². The van der Waals surface area contributed by atoms with E-state index in [9.17, 15) is 8.42 Å². The molecule has 0 unspecified atom stereocenters. The van der Waals surface area contributed by atoms with Gasteiger partial charge in [0, 0.05) is 10.0 Å². The average Bonchev–Trinajstić information content (AvgIpc) is 2.70. The lowest BCUT2D eigenvalue weighted by atomic mass is 10.1. The van der Waals surface area contributed by atoms with Crippen LogP contribution in [0.2, 0.25) is 0 Å². The Hall–Kier alpha value is -1.34. The highest BCUT2D eigenvalue weighted by atomic mass is 79.9. The number of H-pyrrole nitrogens is 1. The molecule has 0 aliphatic rings. The Labute approximate surface area is 120 Å². The van der Waals surface area contributed by atoms with Gasteiger partial charge in [-0.05, 0) is 24.1 Å². The number of aromatic nitrogens is 2. The summed E-state index contributed by atoms with van der Waals surface area (Å²) in [5.74, 6) is 0.364. The van der Waals surface area contributed by atoms with Crippen molar-refractivity contribution in [2.24, 2.45) is 0 Å². The van der Waals surface area contributed by atoms with Crippen LogP contribution < -0.4 is 4.72 Å². The number of nitrogens with zero attached hydrogens (tertiary/aromatic N) is 1. The van der Waals surface area contributed by atoms with Gasteiger partial charge in [0.1, 0.15) is 0 Å². The first-order valence-electron chi connectivity index (χ1n) is 5.71. The van der Waals surface area contributed by atoms with Crippen molar-refractivity contribution in [3.63, 3.8) is 0 Å². The Kier molecular flexibility index (Phi) is 3.96. The predicted octanol–water partition coefficient (Wildman–Crippen LogP) is 2.77. The molecule has 102 valence electrons. The van der Waals surface area contributed by atoms with E-state index < -0.39 is 10.0 Å². The summed E-state index contributed by atoms with van der Waals surface area (Å²) in [5, 5.41) is 6.94. The number of nitrogens with one attached hydrogen (secondary N) is 2. The molecule has 2 N–H and O–H groups in total. The minimum absolute atomic E-state index is 0.364. The van der Waals surface area contributed by atoms with Gasteiger partial charge in [-0.25, -0.2) is 8.42 Å². The number of halogens is 1. The van der Waals surface area contributed by atoms with Gasteiger partial charge in [0.25, 0.3) is 0 Å². The molecular weight excluding hydrogens is 330 g/mol. The highest BCUT2D eigenvalue weighted by Crippen LogP contribution is 2.28. The molecule has 0 saturated carbocycles. The molecule has 0 aliphatic carbocycles. The minimum Gasteiger partial charge on any atom is -0.275 e. The van der Waals surface area contributed by atoms with Crippen LogP contribution in [0.3, 0.4) is 0 Å². The molecule has 0 saturated heterocycles. The molecule has 1 aromatic carbocycles. The molecule has 7 heteroatoms. The van der Waals surface area contributed by atoms with Gasteiger partial charge in [-0.2, -0.15) is 5.10 Å². The van der Waals surface area contributed by atoms with E-state index in [1.807, 2.05) is 31.2 Å². The summed E-state index contributed by atoms with van der Waals surface area (Å²) >= 11 is 3.38. The number of sulfonamides is 1. The number of hydrogen-bond acceptors (Lipinski definition) is 3. The van der Waals surface area contributed by atoms with Gasteiger partial charge in [0.15, 0.2) is 5.82 Å². The van der Waals surface area contributed by atoms with Crippen LogP contribution in [0, 0.1) is 0 Å². The predicted molar refractivity (Wildman–Crippen MR) is 79.6 cm³/mol. The molecule has 0 radical (unpaired) electrons. The van der Waals surface area contributed by atoms with Crippen molar-refractivity contribution < 1.29 is 8.42 Å². The fourth-order valence-corrected chi connectivity index (χ4v) is 2.61. The fourth-order valence-electron chi connectivity index (χ4n) is 1.82. The Bertz CT molecular complexity index is 678. The van der Waals surface area contributed by atoms with E-state index in [1.165, 1.54) is 0 Å². The fraction of sp³-hybridized carbons (Fsp3) is 0.250. The van der Waals surface area contributed by atoms with Crippen molar-refractivity contribution >= 4 is 31.8 Å². The topological polar surface area (TPSA) is 74.8 Å². The number of aromatic amines is 1. The van der Waals surface area contributed by atoms with Crippen LogP contribution in [0.15, 0.2) is 28.7 Å². The smallest absolute Gasteiger partial charge is 0.231 e. The van der Waals surface area contributed by atoms with Crippen LogP contribution in [-0.4, -0.2) is 24.9 Å². The lowest BCUT2D eigenvalue weighted by molar-refractivity contribution is 0.606. The first kappa shape index (κ1) is 14.1. The minimum atomic E-state index is -3.33. The van der Waals surface area contributed by atoms with Gasteiger partial charge < -0.3 is 0 Å². The Morgan fingerprint density at radius 3 is 2.47 bits per heavy atom. The van der Waals surface area contributed by atoms with E-state index in [4.69, 9.17) is 0 Å². The normalized spacial score (nSPS) is 11.5. The first-order valence-corrected chi connectivity index (χ1v) is 8.40. The Balaban J connectivity index is 2.45. The number of hydrogen-bond donors (Lipinski definition) is 2. The summed E-state index contributed by atoms with van der Waals surface area (Å²) in [7, 11) is -3.33. The van der Waals surface area contributed by atoms with Crippen molar-refractivity contribution in [1.82, 2.24) is 10.2 Å². The van der Waals surface area contributed by atoms with Gasteiger partial charge in [-0.15, -0.1) is 0 Å². The van der Waals surface area contributed by atoms with Crippen molar-refractivity contribution in [1.29, 1.82) is 0 Å². The van der Waals surface area contributed by atoms with E-state index in [2.05, 4.69) is 30.8 Å². The summed E-state index contributed by atoms with van der Waals surface area (Å²) < 4.78 is 26.0. The highest BCUT2D eigenvalue weighted by molar-refractivity contribution is 9.10. The molecule has 1 aromatic heterocycles. The molecule has 0 atom stereocenters. The largest absolute Gasteiger partial charge is 0.275 e.